The van der Waals surface area contributed by atoms with Crippen LogP contribution in [0.4, 0.5) is 0 Å². The van der Waals surface area contributed by atoms with Gasteiger partial charge in [-0.15, -0.1) is 35.3 Å². The highest BCUT2D eigenvalue weighted by atomic mass is 127. The molecular weight excluding hydrogens is 463 g/mol. The first-order valence-corrected chi connectivity index (χ1v) is 9.82. The number of aliphatic imine (C=N–C) groups is 1. The van der Waals surface area contributed by atoms with Crippen molar-refractivity contribution in [2.75, 3.05) is 40.4 Å². The molecule has 0 unspecified atom stereocenters. The van der Waals surface area contributed by atoms with Gasteiger partial charge in [0.15, 0.2) is 5.96 Å². The summed E-state index contributed by atoms with van der Waals surface area (Å²) in [5.41, 5.74) is 0.363. The molecule has 1 fully saturated rings. The Bertz CT molecular complexity index is 547. The van der Waals surface area contributed by atoms with E-state index in [1.54, 1.807) is 14.2 Å². The van der Waals surface area contributed by atoms with Crippen molar-refractivity contribution >= 4 is 47.2 Å². The standard InChI is InChI=1S/C18H30N4O2S.HI/c1-19-17(22-14-18(7-4-8-18)9-12-24-2)21-11-5-10-20-16(23)15-6-3-13-25-15;/h3,6,13H,4-5,7-12,14H2,1-2H3,(H,20,23)(H2,19,21,22);1H. The maximum Gasteiger partial charge on any atom is 0.261 e. The maximum absolute atomic E-state index is 11.8. The van der Waals surface area contributed by atoms with Crippen molar-refractivity contribution in [2.45, 2.75) is 32.1 Å². The third kappa shape index (κ3) is 7.40. The minimum Gasteiger partial charge on any atom is -0.385 e. The Kier molecular flexibility index (Phi) is 11.1. The number of thiophene rings is 1. The van der Waals surface area contributed by atoms with Gasteiger partial charge in [-0.3, -0.25) is 9.79 Å². The molecule has 6 nitrogen and oxygen atoms in total. The summed E-state index contributed by atoms with van der Waals surface area (Å²) >= 11 is 1.46. The summed E-state index contributed by atoms with van der Waals surface area (Å²) in [5, 5.41) is 11.6. The number of hydrogen-bond acceptors (Lipinski definition) is 4. The summed E-state index contributed by atoms with van der Waals surface area (Å²) < 4.78 is 5.24. The van der Waals surface area contributed by atoms with Gasteiger partial charge in [-0.05, 0) is 42.5 Å². The zero-order valence-corrected chi connectivity index (χ0v) is 18.8. The maximum atomic E-state index is 11.8. The molecule has 0 aromatic carbocycles. The average molecular weight is 494 g/mol. The molecule has 1 aliphatic rings. The molecule has 1 saturated carbocycles. The highest BCUT2D eigenvalue weighted by molar-refractivity contribution is 14.0. The van der Waals surface area contributed by atoms with Crippen molar-refractivity contribution in [1.29, 1.82) is 0 Å². The Labute approximate surface area is 177 Å². The van der Waals surface area contributed by atoms with Gasteiger partial charge in [-0.1, -0.05) is 12.5 Å². The van der Waals surface area contributed by atoms with Crippen LogP contribution in [0.5, 0.6) is 0 Å². The second-order valence-corrected chi connectivity index (χ2v) is 7.48. The summed E-state index contributed by atoms with van der Waals surface area (Å²) in [4.78, 5) is 16.9. The molecule has 0 atom stereocenters. The van der Waals surface area contributed by atoms with Gasteiger partial charge in [0.2, 0.25) is 0 Å². The van der Waals surface area contributed by atoms with Crippen LogP contribution in [0.15, 0.2) is 22.5 Å². The largest absolute Gasteiger partial charge is 0.385 e. The Balaban J connectivity index is 0.00000338. The fourth-order valence-electron chi connectivity index (χ4n) is 2.99. The third-order valence-corrected chi connectivity index (χ3v) is 5.65. The number of nitrogens with one attached hydrogen (secondary N) is 3. The minimum atomic E-state index is 0. The number of methoxy groups -OCH3 is 1. The van der Waals surface area contributed by atoms with E-state index in [0.29, 0.717) is 12.0 Å². The molecule has 26 heavy (non-hydrogen) atoms. The molecule has 2 rings (SSSR count). The molecule has 1 aliphatic carbocycles. The molecule has 1 aromatic heterocycles. The van der Waals surface area contributed by atoms with Crippen LogP contribution in [0.25, 0.3) is 0 Å². The van der Waals surface area contributed by atoms with Crippen molar-refractivity contribution in [1.82, 2.24) is 16.0 Å². The number of carbonyl (C=O) groups excluding carboxylic acids is 1. The quantitative estimate of drug-likeness (QED) is 0.203. The predicted octanol–water partition coefficient (Wildman–Crippen LogP) is 2.86. The molecule has 0 bridgehead atoms. The number of hydrogen-bond donors (Lipinski definition) is 3. The van der Waals surface area contributed by atoms with Crippen molar-refractivity contribution in [3.8, 4) is 0 Å². The van der Waals surface area contributed by atoms with E-state index in [9.17, 15) is 4.79 Å². The molecule has 3 N–H and O–H groups in total. The van der Waals surface area contributed by atoms with E-state index in [0.717, 1.165) is 43.4 Å². The van der Waals surface area contributed by atoms with Crippen LogP contribution in [0.1, 0.15) is 41.8 Å². The van der Waals surface area contributed by atoms with Gasteiger partial charge in [0.05, 0.1) is 4.88 Å². The lowest BCUT2D eigenvalue weighted by Crippen LogP contribution is -2.47. The number of guanidine groups is 1. The zero-order chi connectivity index (χ0) is 18.0. The second-order valence-electron chi connectivity index (χ2n) is 6.54. The summed E-state index contributed by atoms with van der Waals surface area (Å²) in [5.74, 6) is 0.829. The molecule has 1 heterocycles. The van der Waals surface area contributed by atoms with Gasteiger partial charge in [-0.2, -0.15) is 0 Å². The van der Waals surface area contributed by atoms with Crippen molar-refractivity contribution in [3.05, 3.63) is 22.4 Å². The van der Waals surface area contributed by atoms with Crippen LogP contribution >= 0.6 is 35.3 Å². The summed E-state index contributed by atoms with van der Waals surface area (Å²) in [6.07, 6.45) is 5.78. The van der Waals surface area contributed by atoms with Gasteiger partial charge < -0.3 is 20.7 Å². The molecule has 1 aromatic rings. The number of rotatable bonds is 10. The first-order valence-electron chi connectivity index (χ1n) is 8.94. The molecule has 0 aliphatic heterocycles. The van der Waals surface area contributed by atoms with E-state index in [2.05, 4.69) is 20.9 Å². The number of carbonyl (C=O) groups is 1. The summed E-state index contributed by atoms with van der Waals surface area (Å²) in [7, 11) is 3.55. The first-order chi connectivity index (χ1) is 12.2. The highest BCUT2D eigenvalue weighted by Crippen LogP contribution is 2.43. The smallest absolute Gasteiger partial charge is 0.261 e. The molecule has 0 saturated heterocycles. The average Bonchev–Trinajstić information content (AvgIpc) is 3.12. The lowest BCUT2D eigenvalue weighted by molar-refractivity contribution is 0.0732. The topological polar surface area (TPSA) is 74.8 Å². The molecule has 0 spiro atoms. The minimum absolute atomic E-state index is 0. The van der Waals surface area contributed by atoms with Crippen LogP contribution in [0.3, 0.4) is 0 Å². The van der Waals surface area contributed by atoms with Crippen LogP contribution in [-0.2, 0) is 4.74 Å². The number of amides is 1. The Morgan fingerprint density at radius 1 is 1.31 bits per heavy atom. The van der Waals surface area contributed by atoms with E-state index in [-0.39, 0.29) is 29.9 Å². The molecule has 148 valence electrons. The number of nitrogens with zero attached hydrogens (tertiary/aromatic N) is 1. The normalized spacial score (nSPS) is 15.5. The van der Waals surface area contributed by atoms with Crippen LogP contribution in [0.2, 0.25) is 0 Å². The molecule has 0 radical (unpaired) electrons. The molecule has 1 amide bonds. The zero-order valence-electron chi connectivity index (χ0n) is 15.7. The first kappa shape index (κ1) is 23.2. The second kappa shape index (κ2) is 12.5. The molecular formula is C18H31IN4O2S. The fourth-order valence-corrected chi connectivity index (χ4v) is 3.63. The van der Waals surface area contributed by atoms with Crippen LogP contribution < -0.4 is 16.0 Å². The molecule has 8 heteroatoms. The van der Waals surface area contributed by atoms with Gasteiger partial charge >= 0.3 is 0 Å². The number of halogens is 1. The number of ether oxygens (including phenoxy) is 1. The Morgan fingerprint density at radius 2 is 2.08 bits per heavy atom. The van der Waals surface area contributed by atoms with Crippen LogP contribution in [0, 0.1) is 5.41 Å². The van der Waals surface area contributed by atoms with Gasteiger partial charge in [-0.25, -0.2) is 0 Å². The highest BCUT2D eigenvalue weighted by Gasteiger charge is 2.36. The van der Waals surface area contributed by atoms with Crippen molar-refractivity contribution in [2.24, 2.45) is 10.4 Å². The van der Waals surface area contributed by atoms with Crippen LogP contribution in [-0.4, -0.2) is 52.3 Å². The van der Waals surface area contributed by atoms with E-state index >= 15 is 0 Å². The van der Waals surface area contributed by atoms with Crippen molar-refractivity contribution in [3.63, 3.8) is 0 Å². The van der Waals surface area contributed by atoms with Gasteiger partial charge in [0, 0.05) is 40.4 Å². The lowest BCUT2D eigenvalue weighted by Gasteiger charge is -2.42. The van der Waals surface area contributed by atoms with E-state index in [1.165, 1.54) is 30.6 Å². The summed E-state index contributed by atoms with van der Waals surface area (Å²) in [6, 6.07) is 3.72. The Hall–Kier alpha value is -0.870. The monoisotopic (exact) mass is 494 g/mol. The van der Waals surface area contributed by atoms with E-state index in [1.807, 2.05) is 17.5 Å². The fraction of sp³-hybridized carbons (Fsp3) is 0.667. The van der Waals surface area contributed by atoms with E-state index in [4.69, 9.17) is 4.74 Å². The van der Waals surface area contributed by atoms with E-state index < -0.39 is 0 Å². The summed E-state index contributed by atoms with van der Waals surface area (Å²) in [6.45, 7) is 3.18. The SMILES string of the molecule is CN=C(NCCCNC(=O)c1cccs1)NCC1(CCOC)CCC1.I. The lowest BCUT2D eigenvalue weighted by atomic mass is 9.67. The van der Waals surface area contributed by atoms with Gasteiger partial charge in [0.25, 0.3) is 5.91 Å². The van der Waals surface area contributed by atoms with Gasteiger partial charge in [0.1, 0.15) is 0 Å². The predicted molar refractivity (Wildman–Crippen MR) is 119 cm³/mol. The third-order valence-electron chi connectivity index (χ3n) is 4.78. The van der Waals surface area contributed by atoms with Crippen molar-refractivity contribution < 1.29 is 9.53 Å². The Morgan fingerprint density at radius 3 is 2.65 bits per heavy atom.